The highest BCUT2D eigenvalue weighted by molar-refractivity contribution is 6.04. The van der Waals surface area contributed by atoms with Crippen molar-refractivity contribution in [2.45, 2.75) is 50.2 Å². The fourth-order valence-electron chi connectivity index (χ4n) is 4.22. The van der Waals surface area contributed by atoms with Gasteiger partial charge < -0.3 is 15.1 Å². The maximum atomic E-state index is 12.6. The quantitative estimate of drug-likeness (QED) is 0.882. The smallest absolute Gasteiger partial charge is 0.255 e. The van der Waals surface area contributed by atoms with Crippen molar-refractivity contribution >= 4 is 22.8 Å². The van der Waals surface area contributed by atoms with Gasteiger partial charge in [0.15, 0.2) is 0 Å². The molecule has 2 aliphatic rings. The summed E-state index contributed by atoms with van der Waals surface area (Å²) in [6, 6.07) is 7.65. The Bertz CT molecular complexity index is 815. The van der Waals surface area contributed by atoms with Crippen LogP contribution in [0, 0.1) is 0 Å². The topological polar surface area (TPSA) is 74.6 Å². The number of furan rings is 1. The van der Waals surface area contributed by atoms with E-state index >= 15 is 0 Å². The molecule has 138 valence electrons. The van der Waals surface area contributed by atoms with Crippen molar-refractivity contribution in [3.63, 3.8) is 0 Å². The van der Waals surface area contributed by atoms with Crippen molar-refractivity contribution in [2.75, 3.05) is 13.6 Å². The molecular weight excluding hydrogens is 330 g/mol. The molecule has 3 atom stereocenters. The van der Waals surface area contributed by atoms with Gasteiger partial charge in [0.2, 0.25) is 5.91 Å². The summed E-state index contributed by atoms with van der Waals surface area (Å²) < 4.78 is 5.45. The van der Waals surface area contributed by atoms with E-state index in [9.17, 15) is 9.59 Å². The molecule has 1 aromatic carbocycles. The number of rotatable bonds is 4. The number of carbonyl (C=O) groups is 2. The predicted octanol–water partition coefficient (Wildman–Crippen LogP) is 2.29. The molecule has 1 saturated heterocycles. The van der Waals surface area contributed by atoms with Gasteiger partial charge in [0, 0.05) is 17.5 Å². The van der Waals surface area contributed by atoms with Crippen molar-refractivity contribution in [2.24, 2.45) is 0 Å². The second-order valence-corrected chi connectivity index (χ2v) is 7.47. The molecule has 6 heteroatoms. The normalized spacial score (nSPS) is 26.3. The number of likely N-dealkylation sites (N-methyl/N-ethyl adjacent to an activating group) is 1. The number of para-hydroxylation sites is 1. The van der Waals surface area contributed by atoms with Gasteiger partial charge in [0.1, 0.15) is 5.58 Å². The van der Waals surface area contributed by atoms with Crippen LogP contribution in [0.15, 0.2) is 34.9 Å². The second kappa shape index (κ2) is 7.11. The first-order valence-corrected chi connectivity index (χ1v) is 9.39. The minimum atomic E-state index is -0.113. The van der Waals surface area contributed by atoms with Crippen molar-refractivity contribution in [1.82, 2.24) is 15.5 Å². The Morgan fingerprint density at radius 2 is 1.92 bits per heavy atom. The van der Waals surface area contributed by atoms with E-state index in [0.717, 1.165) is 44.0 Å². The Hall–Kier alpha value is -2.34. The summed E-state index contributed by atoms with van der Waals surface area (Å²) >= 11 is 0. The third kappa shape index (κ3) is 3.33. The highest BCUT2D eigenvalue weighted by atomic mass is 16.3. The van der Waals surface area contributed by atoms with Crippen LogP contribution in [0.4, 0.5) is 0 Å². The summed E-state index contributed by atoms with van der Waals surface area (Å²) in [4.78, 5) is 27.2. The van der Waals surface area contributed by atoms with Crippen LogP contribution in [0.25, 0.3) is 11.0 Å². The number of carbonyl (C=O) groups excluding carboxylic acids is 2. The van der Waals surface area contributed by atoms with Crippen LogP contribution in [0.5, 0.6) is 0 Å². The molecule has 1 aliphatic heterocycles. The summed E-state index contributed by atoms with van der Waals surface area (Å²) in [5.74, 6) is 0.0142. The molecule has 2 aromatic rings. The van der Waals surface area contributed by atoms with Crippen LogP contribution in [0.1, 0.15) is 42.5 Å². The second-order valence-electron chi connectivity index (χ2n) is 7.47. The van der Waals surface area contributed by atoms with Gasteiger partial charge in [-0.15, -0.1) is 0 Å². The predicted molar refractivity (Wildman–Crippen MR) is 98.9 cm³/mol. The van der Waals surface area contributed by atoms with Crippen LogP contribution in [0.2, 0.25) is 0 Å². The van der Waals surface area contributed by atoms with E-state index in [1.165, 1.54) is 0 Å². The number of nitrogens with zero attached hydrogens (tertiary/aromatic N) is 1. The lowest BCUT2D eigenvalue weighted by molar-refractivity contribution is -0.125. The first-order chi connectivity index (χ1) is 12.6. The summed E-state index contributed by atoms with van der Waals surface area (Å²) in [5, 5.41) is 7.19. The summed E-state index contributed by atoms with van der Waals surface area (Å²) in [5.41, 5.74) is 1.18. The number of fused-ring (bicyclic) bond motifs is 1. The molecule has 2 fully saturated rings. The minimum absolute atomic E-state index is 0.000182. The SMILES string of the molecule is CN1CCC[C@H]1C(=O)N[C@@H]1CC[C@H](NC(=O)c2cccc3ccoc23)C1. The average molecular weight is 355 g/mol. The Balaban J connectivity index is 1.33. The molecule has 0 radical (unpaired) electrons. The molecule has 2 amide bonds. The Morgan fingerprint density at radius 1 is 1.12 bits per heavy atom. The van der Waals surface area contributed by atoms with Gasteiger partial charge in [0.25, 0.3) is 5.91 Å². The Labute approximate surface area is 152 Å². The van der Waals surface area contributed by atoms with E-state index in [1.54, 1.807) is 12.3 Å². The summed E-state index contributed by atoms with van der Waals surface area (Å²) in [7, 11) is 2.00. The number of amides is 2. The summed E-state index contributed by atoms with van der Waals surface area (Å²) in [6.45, 7) is 0.986. The highest BCUT2D eigenvalue weighted by Crippen LogP contribution is 2.23. The molecular formula is C20H25N3O3. The molecule has 26 heavy (non-hydrogen) atoms. The lowest BCUT2D eigenvalue weighted by Gasteiger charge is -2.21. The van der Waals surface area contributed by atoms with Crippen LogP contribution in [-0.2, 0) is 4.79 Å². The molecule has 2 heterocycles. The van der Waals surface area contributed by atoms with Crippen LogP contribution in [0.3, 0.4) is 0 Å². The summed E-state index contributed by atoms with van der Waals surface area (Å²) in [6.07, 6.45) is 6.17. The van der Waals surface area contributed by atoms with Gasteiger partial charge in [0.05, 0.1) is 17.9 Å². The first-order valence-electron chi connectivity index (χ1n) is 9.39. The zero-order chi connectivity index (χ0) is 18.1. The van der Waals surface area contributed by atoms with Gasteiger partial charge in [-0.05, 0) is 57.8 Å². The van der Waals surface area contributed by atoms with Crippen molar-refractivity contribution in [3.05, 3.63) is 36.1 Å². The lowest BCUT2D eigenvalue weighted by atomic mass is 10.1. The van der Waals surface area contributed by atoms with E-state index in [2.05, 4.69) is 15.5 Å². The molecule has 4 rings (SSSR count). The van der Waals surface area contributed by atoms with E-state index in [4.69, 9.17) is 4.42 Å². The highest BCUT2D eigenvalue weighted by Gasteiger charge is 2.32. The van der Waals surface area contributed by atoms with Crippen molar-refractivity contribution in [1.29, 1.82) is 0 Å². The Morgan fingerprint density at radius 3 is 2.69 bits per heavy atom. The van der Waals surface area contributed by atoms with Crippen LogP contribution >= 0.6 is 0 Å². The molecule has 0 spiro atoms. The van der Waals surface area contributed by atoms with Crippen molar-refractivity contribution in [3.8, 4) is 0 Å². The van der Waals surface area contributed by atoms with Gasteiger partial charge in [-0.3, -0.25) is 14.5 Å². The lowest BCUT2D eigenvalue weighted by Crippen LogP contribution is -2.45. The molecule has 0 unspecified atom stereocenters. The third-order valence-electron chi connectivity index (χ3n) is 5.66. The first kappa shape index (κ1) is 17.1. The maximum absolute atomic E-state index is 12.6. The number of hydrogen-bond donors (Lipinski definition) is 2. The van der Waals surface area contributed by atoms with E-state index in [1.807, 2.05) is 25.2 Å². The molecule has 1 aromatic heterocycles. The van der Waals surface area contributed by atoms with Crippen LogP contribution in [-0.4, -0.2) is 48.4 Å². The standard InChI is InChI=1S/C20H25N3O3/c1-23-10-3-6-17(23)20(25)22-15-8-7-14(12-15)21-19(24)16-5-2-4-13-9-11-26-18(13)16/h2,4-5,9,11,14-15,17H,3,6-8,10,12H2,1H3,(H,21,24)(H,22,25)/t14-,15+,17-/m0/s1. The molecule has 2 N–H and O–H groups in total. The van der Waals surface area contributed by atoms with Gasteiger partial charge >= 0.3 is 0 Å². The van der Waals surface area contributed by atoms with Gasteiger partial charge in [-0.25, -0.2) is 0 Å². The number of likely N-dealkylation sites (tertiary alicyclic amines) is 1. The molecule has 1 saturated carbocycles. The average Bonchev–Trinajstić information content (AvgIpc) is 3.35. The van der Waals surface area contributed by atoms with Crippen molar-refractivity contribution < 1.29 is 14.0 Å². The fraction of sp³-hybridized carbons (Fsp3) is 0.500. The monoisotopic (exact) mass is 355 g/mol. The zero-order valence-electron chi connectivity index (χ0n) is 15.0. The zero-order valence-corrected chi connectivity index (χ0v) is 15.0. The van der Waals surface area contributed by atoms with Gasteiger partial charge in [-0.2, -0.15) is 0 Å². The van der Waals surface area contributed by atoms with E-state index in [-0.39, 0.29) is 29.9 Å². The third-order valence-corrected chi connectivity index (χ3v) is 5.66. The number of hydrogen-bond acceptors (Lipinski definition) is 4. The maximum Gasteiger partial charge on any atom is 0.255 e. The molecule has 6 nitrogen and oxygen atoms in total. The fourth-order valence-corrected chi connectivity index (χ4v) is 4.22. The largest absolute Gasteiger partial charge is 0.464 e. The molecule has 1 aliphatic carbocycles. The van der Waals surface area contributed by atoms with Gasteiger partial charge in [-0.1, -0.05) is 12.1 Å². The van der Waals surface area contributed by atoms with E-state index in [0.29, 0.717) is 11.1 Å². The minimum Gasteiger partial charge on any atom is -0.464 e. The molecule has 0 bridgehead atoms. The van der Waals surface area contributed by atoms with Crippen LogP contribution < -0.4 is 10.6 Å². The number of benzene rings is 1. The Kier molecular flexibility index (Phi) is 4.68. The number of nitrogens with one attached hydrogen (secondary N) is 2. The van der Waals surface area contributed by atoms with E-state index < -0.39 is 0 Å².